The van der Waals surface area contributed by atoms with E-state index >= 15 is 0 Å². The highest BCUT2D eigenvalue weighted by Gasteiger charge is 2.09. The minimum Gasteiger partial charge on any atom is -0.494 e. The third-order valence-electron chi connectivity index (χ3n) is 1.80. The van der Waals surface area contributed by atoms with E-state index in [1.54, 1.807) is 24.3 Å². The lowest BCUT2D eigenvalue weighted by molar-refractivity contribution is 0.245. The molecule has 4 nitrogen and oxygen atoms in total. The van der Waals surface area contributed by atoms with Crippen LogP contribution in [0.1, 0.15) is 18.6 Å². The molecule has 0 aliphatic heterocycles. The summed E-state index contributed by atoms with van der Waals surface area (Å²) in [5.74, 6) is 0.487. The predicted molar refractivity (Wildman–Crippen MR) is 54.5 cm³/mol. The van der Waals surface area contributed by atoms with Crippen molar-refractivity contribution in [2.75, 3.05) is 6.61 Å². The number of aliphatic hydroxyl groups is 1. The molecule has 4 heteroatoms. The molecular formula is C10H14N2O2. The van der Waals surface area contributed by atoms with Gasteiger partial charge < -0.3 is 15.6 Å². The smallest absolute Gasteiger partial charge is 0.135 e. The lowest BCUT2D eigenvalue weighted by Gasteiger charge is -2.09. The summed E-state index contributed by atoms with van der Waals surface area (Å²) in [6.45, 7) is 2.51. The van der Waals surface area contributed by atoms with E-state index < -0.39 is 6.10 Å². The van der Waals surface area contributed by atoms with Crippen LogP contribution in [0, 0.1) is 5.41 Å². The lowest BCUT2D eigenvalue weighted by atomic mass is 10.1. The van der Waals surface area contributed by atoms with Crippen molar-refractivity contribution in [1.29, 1.82) is 5.41 Å². The quantitative estimate of drug-likeness (QED) is 0.495. The minimum absolute atomic E-state index is 0.255. The Bertz CT molecular complexity index is 308. The summed E-state index contributed by atoms with van der Waals surface area (Å²) in [6, 6.07) is 6.87. The van der Waals surface area contributed by atoms with E-state index in [2.05, 4.69) is 0 Å². The Balaban J connectivity index is 2.77. The second kappa shape index (κ2) is 4.62. The van der Waals surface area contributed by atoms with Crippen molar-refractivity contribution in [3.63, 3.8) is 0 Å². The molecule has 1 atom stereocenters. The van der Waals surface area contributed by atoms with Gasteiger partial charge in [-0.2, -0.15) is 0 Å². The first kappa shape index (κ1) is 10.5. The molecule has 76 valence electrons. The summed E-state index contributed by atoms with van der Waals surface area (Å²) in [4.78, 5) is 0. The Kier molecular flexibility index (Phi) is 3.48. The number of hydrogen-bond donors (Lipinski definition) is 3. The molecule has 1 unspecified atom stereocenters. The van der Waals surface area contributed by atoms with Crippen LogP contribution >= 0.6 is 0 Å². The number of rotatable bonds is 4. The fourth-order valence-corrected chi connectivity index (χ4v) is 1.09. The normalized spacial score (nSPS) is 12.1. The van der Waals surface area contributed by atoms with Crippen LogP contribution in [0.2, 0.25) is 0 Å². The average molecular weight is 194 g/mol. The Morgan fingerprint density at radius 1 is 1.50 bits per heavy atom. The second-order valence-electron chi connectivity index (χ2n) is 2.86. The first-order valence-electron chi connectivity index (χ1n) is 4.40. The maximum Gasteiger partial charge on any atom is 0.135 e. The molecule has 0 aliphatic carbocycles. The van der Waals surface area contributed by atoms with Gasteiger partial charge in [-0.15, -0.1) is 0 Å². The molecule has 4 N–H and O–H groups in total. The van der Waals surface area contributed by atoms with Crippen molar-refractivity contribution >= 4 is 5.84 Å². The van der Waals surface area contributed by atoms with Crippen LogP contribution in [-0.2, 0) is 0 Å². The highest BCUT2D eigenvalue weighted by molar-refractivity contribution is 5.82. The van der Waals surface area contributed by atoms with Crippen LogP contribution in [0.15, 0.2) is 24.3 Å². The van der Waals surface area contributed by atoms with Crippen LogP contribution in [0.25, 0.3) is 0 Å². The molecule has 1 aromatic rings. The monoisotopic (exact) mass is 194 g/mol. The van der Waals surface area contributed by atoms with Crippen LogP contribution in [0.3, 0.4) is 0 Å². The number of amidine groups is 1. The Morgan fingerprint density at radius 2 is 2.07 bits per heavy atom. The van der Waals surface area contributed by atoms with Crippen molar-refractivity contribution in [1.82, 2.24) is 0 Å². The third kappa shape index (κ3) is 2.47. The van der Waals surface area contributed by atoms with Gasteiger partial charge in [0, 0.05) is 0 Å². The molecule has 14 heavy (non-hydrogen) atoms. The van der Waals surface area contributed by atoms with Gasteiger partial charge in [0.1, 0.15) is 17.7 Å². The van der Waals surface area contributed by atoms with E-state index in [0.29, 0.717) is 12.2 Å². The van der Waals surface area contributed by atoms with E-state index in [0.717, 1.165) is 5.75 Å². The molecule has 0 saturated carbocycles. The summed E-state index contributed by atoms with van der Waals surface area (Å²) in [5.41, 5.74) is 5.76. The molecule has 0 fully saturated rings. The molecule has 0 radical (unpaired) electrons. The molecule has 1 rings (SSSR count). The van der Waals surface area contributed by atoms with Gasteiger partial charge in [-0.1, -0.05) is 12.1 Å². The zero-order chi connectivity index (χ0) is 10.6. The summed E-state index contributed by atoms with van der Waals surface area (Å²) in [7, 11) is 0. The SMILES string of the molecule is CCOc1ccc(C(O)C(=N)N)cc1. The fourth-order valence-electron chi connectivity index (χ4n) is 1.09. The maximum absolute atomic E-state index is 9.43. The van der Waals surface area contributed by atoms with Crippen molar-refractivity contribution in [2.24, 2.45) is 5.73 Å². The van der Waals surface area contributed by atoms with Gasteiger partial charge in [0.2, 0.25) is 0 Å². The van der Waals surface area contributed by atoms with E-state index in [9.17, 15) is 5.11 Å². The highest BCUT2D eigenvalue weighted by Crippen LogP contribution is 2.17. The van der Waals surface area contributed by atoms with Crippen LogP contribution in [-0.4, -0.2) is 17.5 Å². The van der Waals surface area contributed by atoms with Crippen LogP contribution in [0.4, 0.5) is 0 Å². The largest absolute Gasteiger partial charge is 0.494 e. The summed E-state index contributed by atoms with van der Waals surface area (Å²) >= 11 is 0. The van der Waals surface area contributed by atoms with Crippen molar-refractivity contribution in [2.45, 2.75) is 13.0 Å². The Hall–Kier alpha value is -1.55. The van der Waals surface area contributed by atoms with Gasteiger partial charge in [0.05, 0.1) is 6.61 Å². The number of nitrogens with two attached hydrogens (primary N) is 1. The molecular weight excluding hydrogens is 180 g/mol. The standard InChI is InChI=1S/C10H14N2O2/c1-2-14-8-5-3-7(4-6-8)9(13)10(11)12/h3-6,9,13H,2H2,1H3,(H3,11,12). The van der Waals surface area contributed by atoms with Gasteiger partial charge in [-0.25, -0.2) is 0 Å². The first-order valence-corrected chi connectivity index (χ1v) is 4.40. The molecule has 1 aromatic carbocycles. The van der Waals surface area contributed by atoms with Crippen molar-refractivity contribution in [3.8, 4) is 5.75 Å². The molecule has 0 spiro atoms. The molecule has 0 aliphatic rings. The first-order chi connectivity index (χ1) is 6.65. The van der Waals surface area contributed by atoms with E-state index in [4.69, 9.17) is 15.9 Å². The van der Waals surface area contributed by atoms with Gasteiger partial charge in [0.25, 0.3) is 0 Å². The maximum atomic E-state index is 9.43. The van der Waals surface area contributed by atoms with Gasteiger partial charge in [0.15, 0.2) is 0 Å². The number of ether oxygens (including phenoxy) is 1. The predicted octanol–water partition coefficient (Wildman–Crippen LogP) is 1.05. The topological polar surface area (TPSA) is 79.3 Å². The number of benzene rings is 1. The fraction of sp³-hybridized carbons (Fsp3) is 0.300. The van der Waals surface area contributed by atoms with Gasteiger partial charge in [-0.3, -0.25) is 5.41 Å². The Labute approximate surface area is 82.8 Å². The zero-order valence-corrected chi connectivity index (χ0v) is 8.03. The van der Waals surface area contributed by atoms with Crippen LogP contribution in [0.5, 0.6) is 5.75 Å². The summed E-state index contributed by atoms with van der Waals surface area (Å²) in [6.07, 6.45) is -1.02. The number of hydrogen-bond acceptors (Lipinski definition) is 3. The number of aliphatic hydroxyl groups excluding tert-OH is 1. The Morgan fingerprint density at radius 3 is 2.50 bits per heavy atom. The minimum atomic E-state index is -1.02. The molecule has 0 bridgehead atoms. The molecule has 0 saturated heterocycles. The second-order valence-corrected chi connectivity index (χ2v) is 2.86. The summed E-state index contributed by atoms with van der Waals surface area (Å²) < 4.78 is 5.23. The summed E-state index contributed by atoms with van der Waals surface area (Å²) in [5, 5.41) is 16.5. The lowest BCUT2D eigenvalue weighted by Crippen LogP contribution is -2.19. The van der Waals surface area contributed by atoms with E-state index in [1.807, 2.05) is 6.92 Å². The number of nitrogens with one attached hydrogen (secondary N) is 1. The molecule has 0 heterocycles. The van der Waals surface area contributed by atoms with E-state index in [1.165, 1.54) is 0 Å². The van der Waals surface area contributed by atoms with Gasteiger partial charge >= 0.3 is 0 Å². The zero-order valence-electron chi connectivity index (χ0n) is 8.03. The van der Waals surface area contributed by atoms with Crippen molar-refractivity contribution < 1.29 is 9.84 Å². The van der Waals surface area contributed by atoms with Crippen LogP contribution < -0.4 is 10.5 Å². The van der Waals surface area contributed by atoms with Crippen molar-refractivity contribution in [3.05, 3.63) is 29.8 Å². The van der Waals surface area contributed by atoms with E-state index in [-0.39, 0.29) is 5.84 Å². The van der Waals surface area contributed by atoms with Gasteiger partial charge in [-0.05, 0) is 24.6 Å². The average Bonchev–Trinajstić information content (AvgIpc) is 2.18. The third-order valence-corrected chi connectivity index (χ3v) is 1.80. The highest BCUT2D eigenvalue weighted by atomic mass is 16.5. The molecule has 0 aromatic heterocycles. The molecule has 0 amide bonds.